The van der Waals surface area contributed by atoms with Gasteiger partial charge in [0.2, 0.25) is 0 Å². The van der Waals surface area contributed by atoms with Crippen molar-refractivity contribution in [2.75, 3.05) is 0 Å². The van der Waals surface area contributed by atoms with Gasteiger partial charge in [-0.15, -0.1) is 10.2 Å². The average molecular weight is 256 g/mol. The van der Waals surface area contributed by atoms with Crippen LogP contribution < -0.4 is 5.32 Å². The molecule has 1 fully saturated rings. The van der Waals surface area contributed by atoms with E-state index in [2.05, 4.69) is 57.3 Å². The molecule has 1 heterocycles. The number of hydrogen-bond donors (Lipinski definition) is 1. The van der Waals surface area contributed by atoms with Crippen molar-refractivity contribution in [3.63, 3.8) is 0 Å². The van der Waals surface area contributed by atoms with Crippen LogP contribution in [0.25, 0.3) is 0 Å². The van der Waals surface area contributed by atoms with Crippen molar-refractivity contribution in [1.29, 1.82) is 0 Å². The van der Waals surface area contributed by atoms with E-state index >= 15 is 0 Å². The first kappa shape index (κ1) is 12.4. The van der Waals surface area contributed by atoms with E-state index in [1.54, 1.807) is 6.33 Å². The van der Waals surface area contributed by atoms with Crippen LogP contribution in [-0.4, -0.2) is 20.8 Å². The molecule has 2 aromatic rings. The maximum atomic E-state index is 4.15. The van der Waals surface area contributed by atoms with Gasteiger partial charge < -0.3 is 9.88 Å². The summed E-state index contributed by atoms with van der Waals surface area (Å²) in [5.74, 6) is 1.76. The third kappa shape index (κ3) is 2.68. The van der Waals surface area contributed by atoms with Crippen molar-refractivity contribution < 1.29 is 0 Å². The Morgan fingerprint density at radius 1 is 1.26 bits per heavy atom. The Hall–Kier alpha value is -1.68. The number of hydrogen-bond acceptors (Lipinski definition) is 3. The Bertz CT molecular complexity index is 514. The van der Waals surface area contributed by atoms with Gasteiger partial charge in [-0.1, -0.05) is 30.3 Å². The van der Waals surface area contributed by atoms with Gasteiger partial charge in [0.25, 0.3) is 0 Å². The fourth-order valence-corrected chi connectivity index (χ4v) is 2.70. The highest BCUT2D eigenvalue weighted by atomic mass is 15.3. The van der Waals surface area contributed by atoms with Crippen molar-refractivity contribution in [3.05, 3.63) is 48.0 Å². The van der Waals surface area contributed by atoms with Gasteiger partial charge in [-0.3, -0.25) is 0 Å². The van der Waals surface area contributed by atoms with Crippen LogP contribution in [0, 0.1) is 0 Å². The molecule has 0 amide bonds. The van der Waals surface area contributed by atoms with Gasteiger partial charge in [-0.05, 0) is 31.2 Å². The second-order valence-corrected chi connectivity index (χ2v) is 5.19. The maximum Gasteiger partial charge on any atom is 0.146 e. The molecule has 1 aliphatic rings. The van der Waals surface area contributed by atoms with Crippen LogP contribution in [0.15, 0.2) is 36.7 Å². The molecule has 0 radical (unpaired) electrons. The summed E-state index contributed by atoms with van der Waals surface area (Å²) < 4.78 is 2.08. The monoisotopic (exact) mass is 256 g/mol. The molecule has 0 bridgehead atoms. The predicted octanol–water partition coefficient (Wildman–Crippen LogP) is 2.33. The first-order chi connectivity index (χ1) is 9.36. The lowest BCUT2D eigenvalue weighted by molar-refractivity contribution is 0.286. The smallest absolute Gasteiger partial charge is 0.146 e. The summed E-state index contributed by atoms with van der Waals surface area (Å²) in [6.07, 6.45) is 4.25. The molecule has 3 rings (SSSR count). The average Bonchev–Trinajstić information content (AvgIpc) is 2.85. The lowest BCUT2D eigenvalue weighted by Gasteiger charge is -2.36. The number of rotatable bonds is 5. The highest BCUT2D eigenvalue weighted by Crippen LogP contribution is 2.36. The molecular weight excluding hydrogens is 236 g/mol. The molecule has 1 saturated carbocycles. The molecule has 0 aliphatic heterocycles. The molecule has 100 valence electrons. The highest BCUT2D eigenvalue weighted by Gasteiger charge is 2.29. The van der Waals surface area contributed by atoms with E-state index in [9.17, 15) is 0 Å². The van der Waals surface area contributed by atoms with Crippen LogP contribution in [-0.2, 0) is 13.1 Å². The normalized spacial score (nSPS) is 22.2. The van der Waals surface area contributed by atoms with Gasteiger partial charge in [-0.25, -0.2) is 0 Å². The topological polar surface area (TPSA) is 42.7 Å². The van der Waals surface area contributed by atoms with Crippen LogP contribution in [0.5, 0.6) is 0 Å². The van der Waals surface area contributed by atoms with Crippen molar-refractivity contribution >= 4 is 0 Å². The second kappa shape index (κ2) is 5.53. The van der Waals surface area contributed by atoms with E-state index in [0.717, 1.165) is 24.8 Å². The summed E-state index contributed by atoms with van der Waals surface area (Å²) in [4.78, 5) is 0. The summed E-state index contributed by atoms with van der Waals surface area (Å²) in [5, 5.41) is 11.7. The SMILES string of the molecule is CCn1cnnc1CNC1CC(c2ccccc2)C1. The molecule has 1 N–H and O–H groups in total. The molecule has 19 heavy (non-hydrogen) atoms. The molecule has 0 saturated heterocycles. The lowest BCUT2D eigenvalue weighted by atomic mass is 9.76. The zero-order chi connectivity index (χ0) is 13.1. The van der Waals surface area contributed by atoms with Crippen LogP contribution in [0.4, 0.5) is 0 Å². The molecule has 0 atom stereocenters. The van der Waals surface area contributed by atoms with Gasteiger partial charge in [0.05, 0.1) is 6.54 Å². The van der Waals surface area contributed by atoms with Crippen LogP contribution >= 0.6 is 0 Å². The van der Waals surface area contributed by atoms with E-state index in [-0.39, 0.29) is 0 Å². The van der Waals surface area contributed by atoms with Crippen molar-refractivity contribution in [3.8, 4) is 0 Å². The molecule has 0 unspecified atom stereocenters. The van der Waals surface area contributed by atoms with Crippen LogP contribution in [0.1, 0.15) is 37.1 Å². The van der Waals surface area contributed by atoms with Gasteiger partial charge in [0.1, 0.15) is 12.2 Å². The fraction of sp³-hybridized carbons (Fsp3) is 0.467. The Morgan fingerprint density at radius 2 is 2.05 bits per heavy atom. The summed E-state index contributed by atoms with van der Waals surface area (Å²) >= 11 is 0. The zero-order valence-electron chi connectivity index (χ0n) is 11.3. The molecule has 1 aliphatic carbocycles. The molecular formula is C15H20N4. The first-order valence-corrected chi connectivity index (χ1v) is 7.02. The standard InChI is InChI=1S/C15H20N4/c1-2-19-11-17-18-15(19)10-16-14-8-13(9-14)12-6-4-3-5-7-12/h3-7,11,13-14,16H,2,8-10H2,1H3. The van der Waals surface area contributed by atoms with Gasteiger partial charge in [-0.2, -0.15) is 0 Å². The van der Waals surface area contributed by atoms with E-state index in [1.807, 2.05) is 0 Å². The number of aryl methyl sites for hydroxylation is 1. The van der Waals surface area contributed by atoms with Gasteiger partial charge >= 0.3 is 0 Å². The van der Waals surface area contributed by atoms with Crippen molar-refractivity contribution in [1.82, 2.24) is 20.1 Å². The lowest BCUT2D eigenvalue weighted by Crippen LogP contribution is -2.40. The Morgan fingerprint density at radius 3 is 2.79 bits per heavy atom. The Kier molecular flexibility index (Phi) is 3.60. The third-order valence-electron chi connectivity index (χ3n) is 3.99. The zero-order valence-corrected chi connectivity index (χ0v) is 11.3. The van der Waals surface area contributed by atoms with E-state index in [0.29, 0.717) is 6.04 Å². The Labute approximate surface area is 113 Å². The van der Waals surface area contributed by atoms with Crippen molar-refractivity contribution in [2.24, 2.45) is 0 Å². The largest absolute Gasteiger partial charge is 0.317 e. The number of aromatic nitrogens is 3. The highest BCUT2D eigenvalue weighted by molar-refractivity contribution is 5.22. The van der Waals surface area contributed by atoms with Gasteiger partial charge in [0.15, 0.2) is 0 Å². The quantitative estimate of drug-likeness (QED) is 0.893. The molecule has 0 spiro atoms. The number of nitrogens with one attached hydrogen (secondary N) is 1. The van der Waals surface area contributed by atoms with E-state index in [4.69, 9.17) is 0 Å². The summed E-state index contributed by atoms with van der Waals surface area (Å²) in [7, 11) is 0. The van der Waals surface area contributed by atoms with Crippen LogP contribution in [0.3, 0.4) is 0 Å². The second-order valence-electron chi connectivity index (χ2n) is 5.19. The molecule has 1 aromatic carbocycles. The van der Waals surface area contributed by atoms with Crippen LogP contribution in [0.2, 0.25) is 0 Å². The summed E-state index contributed by atoms with van der Waals surface area (Å²) in [6.45, 7) is 3.86. The number of nitrogens with zero attached hydrogens (tertiary/aromatic N) is 3. The summed E-state index contributed by atoms with van der Waals surface area (Å²) in [6, 6.07) is 11.4. The van der Waals surface area contributed by atoms with E-state index < -0.39 is 0 Å². The Balaban J connectivity index is 1.47. The predicted molar refractivity (Wildman–Crippen MR) is 74.7 cm³/mol. The minimum Gasteiger partial charge on any atom is -0.317 e. The molecule has 1 aromatic heterocycles. The van der Waals surface area contributed by atoms with Gasteiger partial charge in [0, 0.05) is 12.6 Å². The minimum absolute atomic E-state index is 0.618. The van der Waals surface area contributed by atoms with Crippen molar-refractivity contribution in [2.45, 2.75) is 44.8 Å². The minimum atomic E-state index is 0.618. The molecule has 4 nitrogen and oxygen atoms in total. The maximum absolute atomic E-state index is 4.15. The first-order valence-electron chi connectivity index (χ1n) is 7.02. The number of benzene rings is 1. The molecule has 4 heteroatoms. The third-order valence-corrected chi connectivity index (χ3v) is 3.99. The van der Waals surface area contributed by atoms with E-state index in [1.165, 1.54) is 18.4 Å². The fourth-order valence-electron chi connectivity index (χ4n) is 2.70. The summed E-state index contributed by atoms with van der Waals surface area (Å²) in [5.41, 5.74) is 1.47.